The van der Waals surface area contributed by atoms with Crippen molar-refractivity contribution in [2.24, 2.45) is 0 Å². The lowest BCUT2D eigenvalue weighted by Crippen LogP contribution is -2.21. The molecule has 1 aliphatic rings. The molecule has 0 fully saturated rings. The first-order valence-electron chi connectivity index (χ1n) is 3.94. The minimum Gasteiger partial charge on any atom is -0.476 e. The Morgan fingerprint density at radius 1 is 1.67 bits per heavy atom. The van der Waals surface area contributed by atoms with Crippen molar-refractivity contribution in [3.63, 3.8) is 0 Å². The van der Waals surface area contributed by atoms with E-state index in [0.29, 0.717) is 4.90 Å². The number of carbonyl (C=O) groups is 2. The fraction of sp³-hybridized carbons (Fsp3) is 0.125. The van der Waals surface area contributed by atoms with Gasteiger partial charge >= 0.3 is 5.97 Å². The summed E-state index contributed by atoms with van der Waals surface area (Å²) in [7, 11) is 0. The van der Waals surface area contributed by atoms with Crippen LogP contribution in [-0.2, 0) is 4.79 Å². The molecule has 0 atom stereocenters. The summed E-state index contributed by atoms with van der Waals surface area (Å²) >= 11 is 1.12. The Bertz CT molecular complexity index is 463. The van der Waals surface area contributed by atoms with E-state index in [4.69, 9.17) is 5.11 Å². The van der Waals surface area contributed by atoms with Crippen LogP contribution in [0.4, 0.5) is 10.2 Å². The van der Waals surface area contributed by atoms with Gasteiger partial charge in [-0.15, -0.1) is 11.8 Å². The molecule has 1 aromatic heterocycles. The molecule has 0 aromatic carbocycles. The predicted octanol–water partition coefficient (Wildman–Crippen LogP) is 0.963. The highest BCUT2D eigenvalue weighted by Gasteiger charge is 2.22. The molecule has 0 saturated heterocycles. The molecule has 0 radical (unpaired) electrons. The van der Waals surface area contributed by atoms with E-state index in [2.05, 4.69) is 10.3 Å². The monoisotopic (exact) mass is 228 g/mol. The third-order valence-corrected chi connectivity index (χ3v) is 2.79. The van der Waals surface area contributed by atoms with Gasteiger partial charge in [-0.2, -0.15) is 0 Å². The zero-order chi connectivity index (χ0) is 11.0. The summed E-state index contributed by atoms with van der Waals surface area (Å²) in [5, 5.41) is 11.0. The van der Waals surface area contributed by atoms with Crippen LogP contribution in [0.2, 0.25) is 0 Å². The lowest BCUT2D eigenvalue weighted by atomic mass is 10.3. The third kappa shape index (κ3) is 1.78. The number of pyridine rings is 1. The number of aromatic nitrogens is 1. The number of halogens is 1. The van der Waals surface area contributed by atoms with Crippen molar-refractivity contribution in [1.29, 1.82) is 0 Å². The Balaban J connectivity index is 2.51. The van der Waals surface area contributed by atoms with Crippen LogP contribution in [0.15, 0.2) is 11.0 Å². The van der Waals surface area contributed by atoms with Gasteiger partial charge in [0.05, 0.1) is 10.6 Å². The van der Waals surface area contributed by atoms with Crippen molar-refractivity contribution in [2.45, 2.75) is 4.90 Å². The van der Waals surface area contributed by atoms with E-state index in [1.165, 1.54) is 0 Å². The number of hydrogen-bond donors (Lipinski definition) is 2. The molecule has 2 N–H and O–H groups in total. The molecule has 2 rings (SSSR count). The molecule has 0 bridgehead atoms. The number of carboxylic acid groups (broad SMARTS) is 1. The minimum absolute atomic E-state index is 0.107. The summed E-state index contributed by atoms with van der Waals surface area (Å²) in [6, 6.07) is 1.07. The first-order valence-corrected chi connectivity index (χ1v) is 4.93. The zero-order valence-electron chi connectivity index (χ0n) is 7.28. The van der Waals surface area contributed by atoms with Crippen molar-refractivity contribution in [3.8, 4) is 0 Å². The summed E-state index contributed by atoms with van der Waals surface area (Å²) in [6.45, 7) is 0. The van der Waals surface area contributed by atoms with Gasteiger partial charge in [-0.25, -0.2) is 14.2 Å². The largest absolute Gasteiger partial charge is 0.476 e. The topological polar surface area (TPSA) is 79.3 Å². The molecule has 1 amide bonds. The van der Waals surface area contributed by atoms with Gasteiger partial charge in [-0.3, -0.25) is 4.79 Å². The fourth-order valence-electron chi connectivity index (χ4n) is 1.13. The second kappa shape index (κ2) is 3.50. The number of aromatic carboxylic acids is 1. The second-order valence-electron chi connectivity index (χ2n) is 2.81. The summed E-state index contributed by atoms with van der Waals surface area (Å²) in [6.07, 6.45) is 0. The number of rotatable bonds is 1. The van der Waals surface area contributed by atoms with Crippen LogP contribution in [0.1, 0.15) is 10.5 Å². The van der Waals surface area contributed by atoms with E-state index in [1.807, 2.05) is 0 Å². The molecule has 1 aliphatic heterocycles. The number of carboxylic acids is 1. The lowest BCUT2D eigenvalue weighted by molar-refractivity contribution is -0.113. The minimum atomic E-state index is -1.46. The van der Waals surface area contributed by atoms with Gasteiger partial charge in [0, 0.05) is 0 Å². The maximum atomic E-state index is 13.2. The number of hydrogen-bond acceptors (Lipinski definition) is 4. The maximum Gasteiger partial charge on any atom is 0.357 e. The van der Waals surface area contributed by atoms with E-state index in [9.17, 15) is 14.0 Å². The van der Waals surface area contributed by atoms with E-state index in [-0.39, 0.29) is 17.5 Å². The quantitative estimate of drug-likeness (QED) is 0.748. The van der Waals surface area contributed by atoms with Crippen molar-refractivity contribution < 1.29 is 19.1 Å². The van der Waals surface area contributed by atoms with Gasteiger partial charge in [-0.05, 0) is 6.07 Å². The van der Waals surface area contributed by atoms with E-state index in [0.717, 1.165) is 17.8 Å². The summed E-state index contributed by atoms with van der Waals surface area (Å²) in [5.74, 6) is -2.34. The molecular formula is C8H5FN2O3S. The summed E-state index contributed by atoms with van der Waals surface area (Å²) in [4.78, 5) is 25.5. The van der Waals surface area contributed by atoms with Gasteiger partial charge in [-0.1, -0.05) is 0 Å². The first kappa shape index (κ1) is 9.91. The predicted molar refractivity (Wildman–Crippen MR) is 50.5 cm³/mol. The normalized spacial score (nSPS) is 14.3. The number of nitrogens with one attached hydrogen (secondary N) is 1. The molecule has 0 unspecified atom stereocenters. The maximum absolute atomic E-state index is 13.2. The highest BCUT2D eigenvalue weighted by molar-refractivity contribution is 8.00. The van der Waals surface area contributed by atoms with Gasteiger partial charge in [0.15, 0.2) is 11.5 Å². The molecule has 7 heteroatoms. The number of nitrogens with zero attached hydrogens (tertiary/aromatic N) is 1. The molecular weight excluding hydrogens is 223 g/mol. The van der Waals surface area contributed by atoms with Gasteiger partial charge in [0.1, 0.15) is 5.82 Å². The fourth-order valence-corrected chi connectivity index (χ4v) is 1.91. The Kier molecular flexibility index (Phi) is 2.31. The van der Waals surface area contributed by atoms with Crippen LogP contribution >= 0.6 is 11.8 Å². The number of amides is 1. The smallest absolute Gasteiger partial charge is 0.357 e. The Labute approximate surface area is 87.7 Å². The Morgan fingerprint density at radius 3 is 3.07 bits per heavy atom. The number of fused-ring (bicyclic) bond motifs is 1. The molecule has 0 aliphatic carbocycles. The van der Waals surface area contributed by atoms with E-state index in [1.54, 1.807) is 0 Å². The van der Waals surface area contributed by atoms with Crippen molar-refractivity contribution in [2.75, 3.05) is 11.1 Å². The van der Waals surface area contributed by atoms with Crippen LogP contribution in [0.3, 0.4) is 0 Å². The van der Waals surface area contributed by atoms with Crippen LogP contribution in [-0.4, -0.2) is 27.7 Å². The molecule has 2 heterocycles. The van der Waals surface area contributed by atoms with Gasteiger partial charge in [0.2, 0.25) is 5.91 Å². The SMILES string of the molecule is O=C1CSc2cc(F)c(C(=O)O)nc2N1. The number of anilines is 1. The van der Waals surface area contributed by atoms with Crippen molar-refractivity contribution in [1.82, 2.24) is 4.98 Å². The third-order valence-electron chi connectivity index (χ3n) is 1.76. The van der Waals surface area contributed by atoms with Gasteiger partial charge in [0.25, 0.3) is 0 Å². The first-order chi connectivity index (χ1) is 7.08. The Hall–Kier alpha value is -1.63. The molecule has 0 spiro atoms. The van der Waals surface area contributed by atoms with Crippen molar-refractivity contribution >= 4 is 29.5 Å². The molecule has 78 valence electrons. The highest BCUT2D eigenvalue weighted by atomic mass is 32.2. The van der Waals surface area contributed by atoms with Crippen LogP contribution in [0.25, 0.3) is 0 Å². The van der Waals surface area contributed by atoms with Crippen LogP contribution in [0, 0.1) is 5.82 Å². The van der Waals surface area contributed by atoms with Gasteiger partial charge < -0.3 is 10.4 Å². The van der Waals surface area contributed by atoms with Crippen molar-refractivity contribution in [3.05, 3.63) is 17.6 Å². The number of thioether (sulfide) groups is 1. The second-order valence-corrected chi connectivity index (χ2v) is 3.82. The highest BCUT2D eigenvalue weighted by Crippen LogP contribution is 2.30. The molecule has 1 aromatic rings. The standard InChI is InChI=1S/C8H5FN2O3S/c9-3-1-4-7(10-5(12)2-15-4)11-6(3)8(13)14/h1H,2H2,(H,13,14)(H,10,11,12). The zero-order valence-corrected chi connectivity index (χ0v) is 8.10. The van der Waals surface area contributed by atoms with E-state index >= 15 is 0 Å². The average molecular weight is 228 g/mol. The van der Waals surface area contributed by atoms with Crippen LogP contribution < -0.4 is 5.32 Å². The van der Waals surface area contributed by atoms with E-state index < -0.39 is 17.5 Å². The van der Waals surface area contributed by atoms with Crippen LogP contribution in [0.5, 0.6) is 0 Å². The summed E-state index contributed by atoms with van der Waals surface area (Å²) in [5.41, 5.74) is -0.684. The summed E-state index contributed by atoms with van der Waals surface area (Å²) < 4.78 is 13.2. The average Bonchev–Trinajstić information content (AvgIpc) is 2.17. The molecule has 15 heavy (non-hydrogen) atoms. The number of carbonyl (C=O) groups excluding carboxylic acids is 1. The molecule has 5 nitrogen and oxygen atoms in total. The molecule has 0 saturated carbocycles. The Morgan fingerprint density at radius 2 is 2.40 bits per heavy atom. The lowest BCUT2D eigenvalue weighted by Gasteiger charge is -2.15.